The molecule has 2 aliphatic heterocycles. The molecule has 1 aromatic heterocycles. The standard InChI is InChI=1S/C22H19N3O4/c26-21(19-17-8-9-18(29-17)20(19)22(27)28)24-15-10-23-25(12-15)11-14-6-3-5-13-4-1-2-7-16(13)14/h1-10,12,17-20H,11H2,(H,24,26)(H,27,28)/t17-,18-,19+,20-/m0/s1. The summed E-state index contributed by atoms with van der Waals surface area (Å²) in [7, 11) is 0. The van der Waals surface area contributed by atoms with Gasteiger partial charge in [0.05, 0.1) is 36.6 Å². The molecule has 2 aromatic carbocycles. The van der Waals surface area contributed by atoms with Crippen LogP contribution in [0.4, 0.5) is 5.69 Å². The number of fused-ring (bicyclic) bond motifs is 3. The van der Waals surface area contributed by atoms with Crippen molar-refractivity contribution < 1.29 is 19.4 Å². The van der Waals surface area contributed by atoms with Crippen LogP contribution in [0.2, 0.25) is 0 Å². The maximum absolute atomic E-state index is 12.7. The van der Waals surface area contributed by atoms with E-state index >= 15 is 0 Å². The Morgan fingerprint density at radius 2 is 1.83 bits per heavy atom. The Morgan fingerprint density at radius 1 is 1.07 bits per heavy atom. The molecule has 7 nitrogen and oxygen atoms in total. The number of benzene rings is 2. The van der Waals surface area contributed by atoms with Gasteiger partial charge in [0.15, 0.2) is 0 Å². The summed E-state index contributed by atoms with van der Waals surface area (Å²) in [4.78, 5) is 24.3. The van der Waals surface area contributed by atoms with E-state index < -0.39 is 30.0 Å². The number of carbonyl (C=O) groups excluding carboxylic acids is 1. The van der Waals surface area contributed by atoms with Crippen LogP contribution in [0.1, 0.15) is 5.56 Å². The highest BCUT2D eigenvalue weighted by Gasteiger charge is 2.53. The average molecular weight is 389 g/mol. The molecule has 29 heavy (non-hydrogen) atoms. The molecule has 1 fully saturated rings. The van der Waals surface area contributed by atoms with Crippen LogP contribution < -0.4 is 5.32 Å². The van der Waals surface area contributed by atoms with Crippen LogP contribution in [-0.4, -0.2) is 39.0 Å². The van der Waals surface area contributed by atoms with E-state index in [9.17, 15) is 14.7 Å². The van der Waals surface area contributed by atoms with Gasteiger partial charge >= 0.3 is 5.97 Å². The summed E-state index contributed by atoms with van der Waals surface area (Å²) in [5.74, 6) is -2.99. The normalized spacial score (nSPS) is 24.8. The quantitative estimate of drug-likeness (QED) is 0.655. The number of aromatic nitrogens is 2. The molecule has 0 unspecified atom stereocenters. The first-order chi connectivity index (χ1) is 14.1. The van der Waals surface area contributed by atoms with Gasteiger partial charge in [-0.2, -0.15) is 5.10 Å². The van der Waals surface area contributed by atoms with E-state index in [0.29, 0.717) is 12.2 Å². The van der Waals surface area contributed by atoms with E-state index in [1.807, 2.05) is 18.2 Å². The Bertz CT molecular complexity index is 1130. The lowest BCUT2D eigenvalue weighted by Gasteiger charge is -2.20. The Hall–Kier alpha value is -3.45. The number of carbonyl (C=O) groups is 2. The molecule has 2 bridgehead atoms. The first-order valence-electron chi connectivity index (χ1n) is 9.47. The number of hydrogen-bond acceptors (Lipinski definition) is 4. The third-order valence-electron chi connectivity index (χ3n) is 5.60. The van der Waals surface area contributed by atoms with Gasteiger partial charge in [0.25, 0.3) is 0 Å². The van der Waals surface area contributed by atoms with Crippen molar-refractivity contribution in [1.82, 2.24) is 9.78 Å². The van der Waals surface area contributed by atoms with Gasteiger partial charge in [0, 0.05) is 6.20 Å². The summed E-state index contributed by atoms with van der Waals surface area (Å²) in [6, 6.07) is 14.3. The van der Waals surface area contributed by atoms with Crippen molar-refractivity contribution in [3.63, 3.8) is 0 Å². The molecular formula is C22H19N3O4. The second kappa shape index (κ2) is 6.86. The average Bonchev–Trinajstić information content (AvgIpc) is 3.44. The Labute approximate surface area is 166 Å². The van der Waals surface area contributed by atoms with E-state index in [4.69, 9.17) is 4.74 Å². The predicted octanol–water partition coefficient (Wildman–Crippen LogP) is 2.68. The third-order valence-corrected chi connectivity index (χ3v) is 5.60. The molecule has 1 amide bonds. The van der Waals surface area contributed by atoms with Gasteiger partial charge < -0.3 is 15.2 Å². The van der Waals surface area contributed by atoms with Crippen molar-refractivity contribution in [3.05, 3.63) is 72.6 Å². The van der Waals surface area contributed by atoms with Gasteiger partial charge in [-0.05, 0) is 16.3 Å². The van der Waals surface area contributed by atoms with Crippen LogP contribution in [0.25, 0.3) is 10.8 Å². The van der Waals surface area contributed by atoms with Crippen molar-refractivity contribution in [2.45, 2.75) is 18.8 Å². The molecule has 0 spiro atoms. The van der Waals surface area contributed by atoms with Gasteiger partial charge in [-0.1, -0.05) is 54.6 Å². The highest BCUT2D eigenvalue weighted by molar-refractivity contribution is 5.96. The number of hydrogen-bond donors (Lipinski definition) is 2. The SMILES string of the molecule is O=C(O)[C@@H]1[C@H](C(=O)Nc2cnn(Cc3cccc4ccccc34)c2)[C@@H]2C=C[C@@H]1O2. The molecule has 2 aliphatic rings. The lowest BCUT2D eigenvalue weighted by atomic mass is 9.82. The number of carboxylic acids is 1. The van der Waals surface area contributed by atoms with E-state index in [2.05, 4.69) is 34.7 Å². The Balaban J connectivity index is 1.32. The number of nitrogens with zero attached hydrogens (tertiary/aromatic N) is 2. The second-order valence-electron chi connectivity index (χ2n) is 7.39. The van der Waals surface area contributed by atoms with Gasteiger partial charge in [0.2, 0.25) is 5.91 Å². The van der Waals surface area contributed by atoms with Crippen molar-refractivity contribution in [2.75, 3.05) is 5.32 Å². The summed E-state index contributed by atoms with van der Waals surface area (Å²) in [6.07, 6.45) is 5.77. The summed E-state index contributed by atoms with van der Waals surface area (Å²) in [5, 5.41) is 18.9. The minimum Gasteiger partial charge on any atom is -0.481 e. The maximum Gasteiger partial charge on any atom is 0.310 e. The number of carboxylic acid groups (broad SMARTS) is 1. The van der Waals surface area contributed by atoms with Crippen molar-refractivity contribution >= 4 is 28.3 Å². The van der Waals surface area contributed by atoms with E-state index in [1.165, 1.54) is 0 Å². The van der Waals surface area contributed by atoms with Crippen LogP contribution in [0.5, 0.6) is 0 Å². The number of nitrogens with one attached hydrogen (secondary N) is 1. The minimum atomic E-state index is -1.02. The zero-order chi connectivity index (χ0) is 20.0. The molecule has 7 heteroatoms. The lowest BCUT2D eigenvalue weighted by molar-refractivity contribution is -0.145. The van der Waals surface area contributed by atoms with Gasteiger partial charge in [0.1, 0.15) is 5.92 Å². The predicted molar refractivity (Wildman–Crippen MR) is 106 cm³/mol. The minimum absolute atomic E-state index is 0.362. The number of amides is 1. The summed E-state index contributed by atoms with van der Waals surface area (Å²) < 4.78 is 7.32. The lowest BCUT2D eigenvalue weighted by Crippen LogP contribution is -2.39. The van der Waals surface area contributed by atoms with E-state index in [0.717, 1.165) is 16.3 Å². The number of anilines is 1. The molecule has 5 rings (SSSR count). The largest absolute Gasteiger partial charge is 0.481 e. The van der Waals surface area contributed by atoms with E-state index in [1.54, 1.807) is 29.2 Å². The number of ether oxygens (including phenoxy) is 1. The highest BCUT2D eigenvalue weighted by Crippen LogP contribution is 2.39. The first-order valence-corrected chi connectivity index (χ1v) is 9.47. The molecule has 146 valence electrons. The third kappa shape index (κ3) is 3.09. The van der Waals surface area contributed by atoms with Crippen molar-refractivity contribution in [1.29, 1.82) is 0 Å². The molecule has 0 radical (unpaired) electrons. The molecule has 3 aromatic rings. The van der Waals surface area contributed by atoms with Crippen LogP contribution in [0.15, 0.2) is 67.0 Å². The second-order valence-corrected chi connectivity index (χ2v) is 7.39. The topological polar surface area (TPSA) is 93.5 Å². The Morgan fingerprint density at radius 3 is 2.66 bits per heavy atom. The van der Waals surface area contributed by atoms with Crippen molar-refractivity contribution in [3.8, 4) is 0 Å². The number of aliphatic carboxylic acids is 1. The summed E-state index contributed by atoms with van der Waals surface area (Å²) in [5.41, 5.74) is 1.66. The Kier molecular flexibility index (Phi) is 4.17. The van der Waals surface area contributed by atoms with Crippen molar-refractivity contribution in [2.24, 2.45) is 11.8 Å². The molecule has 1 saturated heterocycles. The van der Waals surface area contributed by atoms with Crippen LogP contribution in [0.3, 0.4) is 0 Å². The summed E-state index contributed by atoms with van der Waals surface area (Å²) in [6.45, 7) is 0.564. The molecule has 0 saturated carbocycles. The number of rotatable bonds is 5. The fraction of sp³-hybridized carbons (Fsp3) is 0.227. The molecule has 4 atom stereocenters. The zero-order valence-corrected chi connectivity index (χ0v) is 15.4. The monoisotopic (exact) mass is 389 g/mol. The van der Waals surface area contributed by atoms with E-state index in [-0.39, 0.29) is 5.91 Å². The van der Waals surface area contributed by atoms with Gasteiger partial charge in [-0.3, -0.25) is 14.3 Å². The van der Waals surface area contributed by atoms with Gasteiger partial charge in [-0.25, -0.2) is 0 Å². The van der Waals surface area contributed by atoms with Crippen LogP contribution in [0, 0.1) is 11.8 Å². The first kappa shape index (κ1) is 17.6. The fourth-order valence-electron chi connectivity index (χ4n) is 4.26. The molecular weight excluding hydrogens is 370 g/mol. The molecule has 0 aliphatic carbocycles. The van der Waals surface area contributed by atoms with Gasteiger partial charge in [-0.15, -0.1) is 0 Å². The summed E-state index contributed by atoms with van der Waals surface area (Å²) >= 11 is 0. The fourth-order valence-corrected chi connectivity index (χ4v) is 4.26. The zero-order valence-electron chi connectivity index (χ0n) is 15.4. The maximum atomic E-state index is 12.7. The molecule has 3 heterocycles. The van der Waals surface area contributed by atoms with Crippen LogP contribution in [-0.2, 0) is 20.9 Å². The molecule has 2 N–H and O–H groups in total. The van der Waals surface area contributed by atoms with Crippen LogP contribution >= 0.6 is 0 Å². The smallest absolute Gasteiger partial charge is 0.310 e. The highest BCUT2D eigenvalue weighted by atomic mass is 16.5.